The summed E-state index contributed by atoms with van der Waals surface area (Å²) in [6.07, 6.45) is -2.90. The molecule has 10 heteroatoms. The second kappa shape index (κ2) is 7.26. The summed E-state index contributed by atoms with van der Waals surface area (Å²) in [5, 5.41) is 0. The SMILES string of the molecule is O=C(Cn1c(=O)oc2ccc(-c3ccc(OC(F)(F)F)cc3)nc21)N1CCCC1. The van der Waals surface area contributed by atoms with Gasteiger partial charge in [-0.3, -0.25) is 4.79 Å². The van der Waals surface area contributed by atoms with Gasteiger partial charge in [0.05, 0.1) is 5.69 Å². The maximum atomic E-state index is 12.4. The lowest BCUT2D eigenvalue weighted by atomic mass is 10.1. The number of oxazole rings is 1. The molecule has 3 aromatic rings. The van der Waals surface area contributed by atoms with Crippen molar-refractivity contribution in [2.24, 2.45) is 0 Å². The van der Waals surface area contributed by atoms with Gasteiger partial charge in [0.25, 0.3) is 0 Å². The van der Waals surface area contributed by atoms with Gasteiger partial charge in [0.15, 0.2) is 11.2 Å². The molecule has 4 rings (SSSR count). The third-order valence-corrected chi connectivity index (χ3v) is 4.65. The van der Waals surface area contributed by atoms with Crippen LogP contribution in [0.5, 0.6) is 5.75 Å². The number of benzene rings is 1. The Morgan fingerprint density at radius 3 is 2.45 bits per heavy atom. The number of carbonyl (C=O) groups is 1. The molecule has 2 aromatic heterocycles. The summed E-state index contributed by atoms with van der Waals surface area (Å²) < 4.78 is 47.1. The Balaban J connectivity index is 1.63. The monoisotopic (exact) mass is 407 g/mol. The quantitative estimate of drug-likeness (QED) is 0.664. The van der Waals surface area contributed by atoms with Gasteiger partial charge in [0, 0.05) is 18.7 Å². The second-order valence-electron chi connectivity index (χ2n) is 6.63. The molecule has 0 atom stereocenters. The predicted molar refractivity (Wildman–Crippen MR) is 96.2 cm³/mol. The van der Waals surface area contributed by atoms with Crippen LogP contribution in [0.25, 0.3) is 22.5 Å². The number of pyridine rings is 1. The Morgan fingerprint density at radius 2 is 1.79 bits per heavy atom. The van der Waals surface area contributed by atoms with E-state index in [1.165, 1.54) is 34.9 Å². The minimum absolute atomic E-state index is 0.180. The first kappa shape index (κ1) is 19.0. The predicted octanol–water partition coefficient (Wildman–Crippen LogP) is 3.18. The molecule has 0 bridgehead atoms. The van der Waals surface area contributed by atoms with Crippen LogP contribution in [0.2, 0.25) is 0 Å². The number of alkyl halides is 3. The summed E-state index contributed by atoms with van der Waals surface area (Å²) in [6, 6.07) is 8.32. The first-order chi connectivity index (χ1) is 13.8. The molecule has 1 aromatic carbocycles. The summed E-state index contributed by atoms with van der Waals surface area (Å²) in [5.74, 6) is -1.22. The fraction of sp³-hybridized carbons (Fsp3) is 0.316. The minimum atomic E-state index is -4.77. The maximum absolute atomic E-state index is 12.4. The maximum Gasteiger partial charge on any atom is 0.573 e. The number of amides is 1. The van der Waals surface area contributed by atoms with E-state index in [2.05, 4.69) is 9.72 Å². The van der Waals surface area contributed by atoms with Crippen LogP contribution in [0.3, 0.4) is 0 Å². The summed E-state index contributed by atoms with van der Waals surface area (Å²) >= 11 is 0. The lowest BCUT2D eigenvalue weighted by Gasteiger charge is -2.14. The zero-order valence-electron chi connectivity index (χ0n) is 15.1. The number of rotatable bonds is 4. The van der Waals surface area contributed by atoms with Gasteiger partial charge in [-0.05, 0) is 49.2 Å². The molecule has 1 saturated heterocycles. The number of halogens is 3. The Hall–Kier alpha value is -3.30. The van der Waals surface area contributed by atoms with E-state index in [0.717, 1.165) is 12.8 Å². The van der Waals surface area contributed by atoms with Gasteiger partial charge in [-0.1, -0.05) is 0 Å². The van der Waals surface area contributed by atoms with Crippen LogP contribution in [-0.4, -0.2) is 39.8 Å². The van der Waals surface area contributed by atoms with Crippen molar-refractivity contribution >= 4 is 17.1 Å². The summed E-state index contributed by atoms with van der Waals surface area (Å²) in [4.78, 5) is 30.7. The molecule has 1 aliphatic rings. The third-order valence-electron chi connectivity index (χ3n) is 4.65. The second-order valence-corrected chi connectivity index (χ2v) is 6.63. The van der Waals surface area contributed by atoms with Crippen LogP contribution in [-0.2, 0) is 11.3 Å². The molecule has 0 saturated carbocycles. The minimum Gasteiger partial charge on any atom is -0.406 e. The van der Waals surface area contributed by atoms with Gasteiger partial charge < -0.3 is 14.1 Å². The van der Waals surface area contributed by atoms with Crippen molar-refractivity contribution < 1.29 is 27.1 Å². The molecule has 0 aliphatic carbocycles. The van der Waals surface area contributed by atoms with Gasteiger partial charge >= 0.3 is 12.1 Å². The van der Waals surface area contributed by atoms with Crippen molar-refractivity contribution in [2.75, 3.05) is 13.1 Å². The standard InChI is InChI=1S/C19H16F3N3O4/c20-19(21,22)29-13-5-3-12(4-6-13)14-7-8-15-17(23-14)25(18(27)28-15)11-16(26)24-9-1-2-10-24/h3-8H,1-2,9-11H2. The fourth-order valence-corrected chi connectivity index (χ4v) is 3.27. The Labute approximate surface area is 162 Å². The summed E-state index contributed by atoms with van der Waals surface area (Å²) in [5.41, 5.74) is 1.37. The number of likely N-dealkylation sites (tertiary alicyclic amines) is 1. The molecule has 29 heavy (non-hydrogen) atoms. The Bertz CT molecular complexity index is 1100. The normalized spacial score (nSPS) is 14.5. The highest BCUT2D eigenvalue weighted by molar-refractivity contribution is 5.79. The highest BCUT2D eigenvalue weighted by atomic mass is 19.4. The van der Waals surface area contributed by atoms with E-state index in [1.807, 2.05) is 0 Å². The lowest BCUT2D eigenvalue weighted by molar-refractivity contribution is -0.274. The first-order valence-corrected chi connectivity index (χ1v) is 8.94. The average molecular weight is 407 g/mol. The molecule has 0 unspecified atom stereocenters. The van der Waals surface area contributed by atoms with Crippen molar-refractivity contribution in [3.05, 3.63) is 46.9 Å². The fourth-order valence-electron chi connectivity index (χ4n) is 3.27. The van der Waals surface area contributed by atoms with E-state index in [0.29, 0.717) is 24.3 Å². The smallest absolute Gasteiger partial charge is 0.406 e. The zero-order chi connectivity index (χ0) is 20.6. The number of hydrogen-bond donors (Lipinski definition) is 0. The van der Waals surface area contributed by atoms with Gasteiger partial charge in [-0.15, -0.1) is 13.2 Å². The van der Waals surface area contributed by atoms with Crippen LogP contribution in [0.1, 0.15) is 12.8 Å². The molecular weight excluding hydrogens is 391 g/mol. The first-order valence-electron chi connectivity index (χ1n) is 8.94. The van der Waals surface area contributed by atoms with Crippen molar-refractivity contribution in [2.45, 2.75) is 25.7 Å². The number of aromatic nitrogens is 2. The van der Waals surface area contributed by atoms with Crippen molar-refractivity contribution in [3.8, 4) is 17.0 Å². The number of hydrogen-bond acceptors (Lipinski definition) is 5. The largest absolute Gasteiger partial charge is 0.573 e. The van der Waals surface area contributed by atoms with E-state index in [9.17, 15) is 22.8 Å². The van der Waals surface area contributed by atoms with Gasteiger partial charge in [0.2, 0.25) is 5.91 Å². The van der Waals surface area contributed by atoms with Crippen LogP contribution in [0.15, 0.2) is 45.6 Å². The molecule has 7 nitrogen and oxygen atoms in total. The van der Waals surface area contributed by atoms with Crippen LogP contribution < -0.4 is 10.5 Å². The average Bonchev–Trinajstić information content (AvgIpc) is 3.30. The number of carbonyl (C=O) groups excluding carboxylic acids is 1. The zero-order valence-corrected chi connectivity index (χ0v) is 15.1. The van der Waals surface area contributed by atoms with Gasteiger partial charge in [-0.2, -0.15) is 0 Å². The van der Waals surface area contributed by atoms with E-state index >= 15 is 0 Å². The topological polar surface area (TPSA) is 77.6 Å². The van der Waals surface area contributed by atoms with Crippen molar-refractivity contribution in [1.82, 2.24) is 14.5 Å². The Morgan fingerprint density at radius 1 is 1.10 bits per heavy atom. The highest BCUT2D eigenvalue weighted by Crippen LogP contribution is 2.26. The molecule has 0 N–H and O–H groups in total. The van der Waals surface area contributed by atoms with Gasteiger partial charge in [-0.25, -0.2) is 14.3 Å². The molecule has 3 heterocycles. The van der Waals surface area contributed by atoms with Crippen molar-refractivity contribution in [1.29, 1.82) is 0 Å². The highest BCUT2D eigenvalue weighted by Gasteiger charge is 2.31. The summed E-state index contributed by atoms with van der Waals surface area (Å²) in [6.45, 7) is 1.14. The van der Waals surface area contributed by atoms with E-state index in [1.54, 1.807) is 11.0 Å². The van der Waals surface area contributed by atoms with Gasteiger partial charge in [0.1, 0.15) is 12.3 Å². The molecular formula is C19H16F3N3O4. The molecule has 1 aliphatic heterocycles. The van der Waals surface area contributed by atoms with Crippen LogP contribution in [0.4, 0.5) is 13.2 Å². The molecule has 152 valence electrons. The third kappa shape index (κ3) is 4.10. The molecule has 1 fully saturated rings. The summed E-state index contributed by atoms with van der Waals surface area (Å²) in [7, 11) is 0. The van der Waals surface area contributed by atoms with Crippen LogP contribution >= 0.6 is 0 Å². The van der Waals surface area contributed by atoms with Crippen LogP contribution in [0, 0.1) is 0 Å². The molecule has 1 amide bonds. The van der Waals surface area contributed by atoms with E-state index in [-0.39, 0.29) is 29.4 Å². The number of fused-ring (bicyclic) bond motifs is 1. The molecule has 0 spiro atoms. The van der Waals surface area contributed by atoms with E-state index < -0.39 is 12.1 Å². The lowest BCUT2D eigenvalue weighted by Crippen LogP contribution is -2.33. The van der Waals surface area contributed by atoms with E-state index in [4.69, 9.17) is 4.42 Å². The Kier molecular flexibility index (Phi) is 4.77. The molecule has 0 radical (unpaired) electrons. The van der Waals surface area contributed by atoms with Crippen molar-refractivity contribution in [3.63, 3.8) is 0 Å². The number of nitrogens with zero attached hydrogens (tertiary/aromatic N) is 3. The number of ether oxygens (including phenoxy) is 1.